The first-order valence-corrected chi connectivity index (χ1v) is 7.62. The summed E-state index contributed by atoms with van der Waals surface area (Å²) in [4.78, 5) is 25.6. The lowest BCUT2D eigenvalue weighted by Crippen LogP contribution is -2.33. The molecule has 0 fully saturated rings. The molecule has 0 unspecified atom stereocenters. The molecule has 0 saturated carbocycles. The third-order valence-corrected chi connectivity index (χ3v) is 4.17. The fourth-order valence-corrected chi connectivity index (χ4v) is 2.74. The van der Waals surface area contributed by atoms with E-state index in [1.807, 2.05) is 0 Å². The normalized spacial score (nSPS) is 13.6. The number of likely N-dealkylation sites (N-methyl/N-ethyl adjacent to an activating group) is 1. The van der Waals surface area contributed by atoms with Crippen LogP contribution in [0.4, 0.5) is 13.2 Å². The first kappa shape index (κ1) is 17.0. The third kappa shape index (κ3) is 3.50. The molecule has 2 amide bonds. The molecule has 1 aliphatic rings. The Morgan fingerprint density at radius 2 is 1.80 bits per heavy atom. The Hall–Kier alpha value is -2.83. The van der Waals surface area contributed by atoms with E-state index in [2.05, 4.69) is 5.32 Å². The average molecular weight is 348 g/mol. The Morgan fingerprint density at radius 1 is 1.12 bits per heavy atom. The monoisotopic (exact) mass is 348 g/mol. The Balaban J connectivity index is 1.75. The summed E-state index contributed by atoms with van der Waals surface area (Å²) in [5, 5.41) is 2.41. The molecular formula is C18H15F3N2O2. The molecule has 1 heterocycles. The number of amides is 2. The molecule has 2 aromatic carbocycles. The van der Waals surface area contributed by atoms with Crippen LogP contribution in [-0.4, -0.2) is 23.8 Å². The molecular weight excluding hydrogens is 333 g/mol. The average Bonchev–Trinajstić information content (AvgIpc) is 2.54. The van der Waals surface area contributed by atoms with Gasteiger partial charge in [0.2, 0.25) is 5.91 Å². The zero-order valence-electron chi connectivity index (χ0n) is 13.4. The van der Waals surface area contributed by atoms with Gasteiger partial charge in [0, 0.05) is 43.4 Å². The predicted molar refractivity (Wildman–Crippen MR) is 84.1 cm³/mol. The molecule has 0 spiro atoms. The molecule has 0 bridgehead atoms. The number of hydrogen-bond donors (Lipinski definition) is 1. The van der Waals surface area contributed by atoms with E-state index < -0.39 is 35.5 Å². The van der Waals surface area contributed by atoms with Crippen LogP contribution in [0.1, 0.15) is 27.0 Å². The zero-order valence-corrected chi connectivity index (χ0v) is 13.4. The smallest absolute Gasteiger partial charge is 0.251 e. The third-order valence-electron chi connectivity index (χ3n) is 4.17. The molecule has 1 aliphatic heterocycles. The van der Waals surface area contributed by atoms with Gasteiger partial charge in [0.25, 0.3) is 5.91 Å². The molecule has 3 rings (SSSR count). The maximum Gasteiger partial charge on any atom is 0.251 e. The maximum absolute atomic E-state index is 13.6. The number of nitrogens with zero attached hydrogens (tertiary/aromatic N) is 1. The molecule has 1 N–H and O–H groups in total. The minimum atomic E-state index is -1.06. The van der Waals surface area contributed by atoms with Crippen molar-refractivity contribution in [1.29, 1.82) is 0 Å². The SMILES string of the molecule is CN1Cc2ccc(C(=O)NCc3c(F)cc(F)cc3F)cc2CC1=O. The highest BCUT2D eigenvalue weighted by molar-refractivity contribution is 5.95. The van der Waals surface area contributed by atoms with Gasteiger partial charge < -0.3 is 10.2 Å². The van der Waals surface area contributed by atoms with Crippen molar-refractivity contribution in [2.75, 3.05) is 7.05 Å². The molecule has 0 saturated heterocycles. The lowest BCUT2D eigenvalue weighted by atomic mass is 9.97. The summed E-state index contributed by atoms with van der Waals surface area (Å²) in [6, 6.07) is 6.07. The minimum absolute atomic E-state index is 0.0412. The molecule has 2 aromatic rings. The van der Waals surface area contributed by atoms with Gasteiger partial charge in [-0.15, -0.1) is 0 Å². The summed E-state index contributed by atoms with van der Waals surface area (Å²) in [6.45, 7) is 0.0671. The van der Waals surface area contributed by atoms with Crippen LogP contribution in [0.2, 0.25) is 0 Å². The Morgan fingerprint density at radius 3 is 2.48 bits per heavy atom. The van der Waals surface area contributed by atoms with Crippen molar-refractivity contribution in [2.45, 2.75) is 19.5 Å². The van der Waals surface area contributed by atoms with Crippen LogP contribution in [0.25, 0.3) is 0 Å². The highest BCUT2D eigenvalue weighted by Crippen LogP contribution is 2.20. The molecule has 7 heteroatoms. The second kappa shape index (κ2) is 6.58. The van der Waals surface area contributed by atoms with Gasteiger partial charge >= 0.3 is 0 Å². The summed E-state index contributed by atoms with van der Waals surface area (Å²) in [5.41, 5.74) is 1.59. The van der Waals surface area contributed by atoms with E-state index in [0.29, 0.717) is 24.2 Å². The lowest BCUT2D eigenvalue weighted by molar-refractivity contribution is -0.130. The minimum Gasteiger partial charge on any atom is -0.348 e. The van der Waals surface area contributed by atoms with Gasteiger partial charge in [-0.3, -0.25) is 9.59 Å². The van der Waals surface area contributed by atoms with Gasteiger partial charge in [0.15, 0.2) is 0 Å². The number of fused-ring (bicyclic) bond motifs is 1. The summed E-state index contributed by atoms with van der Waals surface area (Å²) in [5.74, 6) is -3.71. The quantitative estimate of drug-likeness (QED) is 0.927. The van der Waals surface area contributed by atoms with Crippen LogP contribution in [0, 0.1) is 17.5 Å². The van der Waals surface area contributed by atoms with Crippen molar-refractivity contribution in [2.24, 2.45) is 0 Å². The van der Waals surface area contributed by atoms with Crippen LogP contribution in [0.5, 0.6) is 0 Å². The first-order chi connectivity index (χ1) is 11.8. The van der Waals surface area contributed by atoms with Gasteiger partial charge in [0.05, 0.1) is 6.42 Å². The summed E-state index contributed by atoms with van der Waals surface area (Å²) < 4.78 is 40.1. The Kier molecular flexibility index (Phi) is 4.48. The number of halogens is 3. The van der Waals surface area contributed by atoms with Crippen molar-refractivity contribution < 1.29 is 22.8 Å². The molecule has 0 atom stereocenters. The Bertz CT molecular complexity index is 844. The maximum atomic E-state index is 13.6. The van der Waals surface area contributed by atoms with E-state index >= 15 is 0 Å². The van der Waals surface area contributed by atoms with Crippen molar-refractivity contribution in [3.8, 4) is 0 Å². The van der Waals surface area contributed by atoms with Gasteiger partial charge in [-0.05, 0) is 23.3 Å². The zero-order chi connectivity index (χ0) is 18.1. The topological polar surface area (TPSA) is 49.4 Å². The number of nitrogens with one attached hydrogen (secondary N) is 1. The second-order valence-electron chi connectivity index (χ2n) is 5.94. The van der Waals surface area contributed by atoms with E-state index in [9.17, 15) is 22.8 Å². The van der Waals surface area contributed by atoms with Crippen LogP contribution >= 0.6 is 0 Å². The van der Waals surface area contributed by atoms with Gasteiger partial charge in [0.1, 0.15) is 17.5 Å². The number of rotatable bonds is 3. The Labute approximate surface area is 142 Å². The van der Waals surface area contributed by atoms with Crippen LogP contribution < -0.4 is 5.32 Å². The number of hydrogen-bond acceptors (Lipinski definition) is 2. The molecule has 25 heavy (non-hydrogen) atoms. The first-order valence-electron chi connectivity index (χ1n) is 7.62. The predicted octanol–water partition coefficient (Wildman–Crippen LogP) is 2.55. The van der Waals surface area contributed by atoms with E-state index in [1.54, 1.807) is 30.1 Å². The summed E-state index contributed by atoms with van der Waals surface area (Å²) in [6.07, 6.45) is 0.203. The van der Waals surface area contributed by atoms with Crippen LogP contribution in [0.3, 0.4) is 0 Å². The second-order valence-corrected chi connectivity index (χ2v) is 5.94. The summed E-state index contributed by atoms with van der Waals surface area (Å²) >= 11 is 0. The van der Waals surface area contributed by atoms with E-state index in [4.69, 9.17) is 0 Å². The van der Waals surface area contributed by atoms with Crippen molar-refractivity contribution >= 4 is 11.8 Å². The number of carbonyl (C=O) groups is 2. The fourth-order valence-electron chi connectivity index (χ4n) is 2.74. The largest absolute Gasteiger partial charge is 0.348 e. The van der Waals surface area contributed by atoms with Gasteiger partial charge in [-0.1, -0.05) is 6.07 Å². The van der Waals surface area contributed by atoms with Crippen molar-refractivity contribution in [3.05, 3.63) is 70.0 Å². The summed E-state index contributed by atoms with van der Waals surface area (Å²) in [7, 11) is 1.71. The van der Waals surface area contributed by atoms with Gasteiger partial charge in [-0.2, -0.15) is 0 Å². The molecule has 0 radical (unpaired) electrons. The highest BCUT2D eigenvalue weighted by Gasteiger charge is 2.21. The van der Waals surface area contributed by atoms with E-state index in [1.165, 1.54) is 0 Å². The van der Waals surface area contributed by atoms with Crippen LogP contribution in [-0.2, 0) is 24.3 Å². The highest BCUT2D eigenvalue weighted by atomic mass is 19.1. The number of benzene rings is 2. The standard InChI is InChI=1S/C18H15F3N2O2/c1-23-9-11-3-2-10(4-12(11)5-17(23)24)18(25)22-8-14-15(20)6-13(19)7-16(14)21/h2-4,6-7H,5,8-9H2,1H3,(H,22,25). The fraction of sp³-hybridized carbons (Fsp3) is 0.222. The van der Waals surface area contributed by atoms with Crippen molar-refractivity contribution in [1.82, 2.24) is 10.2 Å². The van der Waals surface area contributed by atoms with Crippen molar-refractivity contribution in [3.63, 3.8) is 0 Å². The lowest BCUT2D eigenvalue weighted by Gasteiger charge is -2.25. The van der Waals surface area contributed by atoms with Crippen LogP contribution in [0.15, 0.2) is 30.3 Å². The molecule has 4 nitrogen and oxygen atoms in total. The van der Waals surface area contributed by atoms with E-state index in [-0.39, 0.29) is 12.3 Å². The number of carbonyl (C=O) groups excluding carboxylic acids is 2. The molecule has 0 aliphatic carbocycles. The van der Waals surface area contributed by atoms with Gasteiger partial charge in [-0.25, -0.2) is 13.2 Å². The molecule has 0 aromatic heterocycles. The van der Waals surface area contributed by atoms with E-state index in [0.717, 1.165) is 11.1 Å². The molecule has 130 valence electrons.